The summed E-state index contributed by atoms with van der Waals surface area (Å²) in [4.78, 5) is 15.9. The van der Waals surface area contributed by atoms with Crippen LogP contribution in [0.2, 0.25) is 0 Å². The Labute approximate surface area is 106 Å². The van der Waals surface area contributed by atoms with Crippen LogP contribution in [-0.2, 0) is 9.53 Å². The molecule has 5 heteroatoms. The van der Waals surface area contributed by atoms with Gasteiger partial charge in [0.25, 0.3) is 0 Å². The summed E-state index contributed by atoms with van der Waals surface area (Å²) in [7, 11) is 1.41. The number of methoxy groups -OCH3 is 1. The molecule has 0 saturated heterocycles. The number of aryl methyl sites for hydroxylation is 1. The fourth-order valence-electron chi connectivity index (χ4n) is 1.42. The summed E-state index contributed by atoms with van der Waals surface area (Å²) in [6, 6.07) is 0.151. The zero-order valence-corrected chi connectivity index (χ0v) is 11.9. The van der Waals surface area contributed by atoms with Gasteiger partial charge >= 0.3 is 5.97 Å². The smallest absolute Gasteiger partial charge is 0.312 e. The molecule has 1 aromatic rings. The van der Waals surface area contributed by atoms with Crippen molar-refractivity contribution in [3.63, 3.8) is 0 Å². The Kier molecular flexibility index (Phi) is 4.65. The van der Waals surface area contributed by atoms with E-state index in [0.717, 1.165) is 10.7 Å². The molecule has 1 N–H and O–H groups in total. The van der Waals surface area contributed by atoms with Gasteiger partial charge in [0, 0.05) is 17.6 Å². The molecule has 0 aliphatic carbocycles. The number of ether oxygens (including phenoxy) is 1. The van der Waals surface area contributed by atoms with E-state index in [9.17, 15) is 4.79 Å². The third-order valence-electron chi connectivity index (χ3n) is 2.60. The van der Waals surface area contributed by atoms with Crippen LogP contribution in [0.4, 0.5) is 0 Å². The molecule has 1 atom stereocenters. The second kappa shape index (κ2) is 5.60. The van der Waals surface area contributed by atoms with Crippen LogP contribution in [0.5, 0.6) is 0 Å². The van der Waals surface area contributed by atoms with Crippen LogP contribution in [0.3, 0.4) is 0 Å². The van der Waals surface area contributed by atoms with Crippen molar-refractivity contribution in [1.29, 1.82) is 0 Å². The molecule has 0 bridgehead atoms. The summed E-state index contributed by atoms with van der Waals surface area (Å²) in [6.07, 6.45) is 0. The first-order valence-corrected chi connectivity index (χ1v) is 6.48. The molecular formula is C12H20N2O2S. The van der Waals surface area contributed by atoms with Gasteiger partial charge in [0.05, 0.1) is 18.6 Å². The number of nitrogens with one attached hydrogen (secondary N) is 1. The number of esters is 1. The van der Waals surface area contributed by atoms with Crippen molar-refractivity contribution < 1.29 is 9.53 Å². The average Bonchev–Trinajstić information content (AvgIpc) is 2.71. The molecule has 1 rings (SSSR count). The molecule has 0 fully saturated rings. The van der Waals surface area contributed by atoms with Gasteiger partial charge in [-0.25, -0.2) is 4.98 Å². The molecule has 96 valence electrons. The first-order chi connectivity index (χ1) is 7.86. The largest absolute Gasteiger partial charge is 0.469 e. The van der Waals surface area contributed by atoms with E-state index in [4.69, 9.17) is 4.74 Å². The quantitative estimate of drug-likeness (QED) is 0.821. The van der Waals surface area contributed by atoms with Gasteiger partial charge in [-0.2, -0.15) is 0 Å². The zero-order chi connectivity index (χ0) is 13.1. The monoisotopic (exact) mass is 256 g/mol. The van der Waals surface area contributed by atoms with Crippen LogP contribution < -0.4 is 5.32 Å². The minimum absolute atomic E-state index is 0.151. The number of aromatic nitrogens is 1. The highest BCUT2D eigenvalue weighted by molar-refractivity contribution is 7.09. The minimum atomic E-state index is -0.519. The van der Waals surface area contributed by atoms with E-state index in [0.29, 0.717) is 6.54 Å². The number of nitrogens with zero attached hydrogens (tertiary/aromatic N) is 1. The van der Waals surface area contributed by atoms with Gasteiger partial charge in [0.15, 0.2) is 0 Å². The predicted molar refractivity (Wildman–Crippen MR) is 69.1 cm³/mol. The average molecular weight is 256 g/mol. The van der Waals surface area contributed by atoms with Gasteiger partial charge < -0.3 is 10.1 Å². The van der Waals surface area contributed by atoms with Gasteiger partial charge in [-0.1, -0.05) is 0 Å². The van der Waals surface area contributed by atoms with Crippen molar-refractivity contribution in [2.75, 3.05) is 13.7 Å². The lowest BCUT2D eigenvalue weighted by atomic mass is 9.93. The highest BCUT2D eigenvalue weighted by Crippen LogP contribution is 2.21. The maximum absolute atomic E-state index is 11.5. The van der Waals surface area contributed by atoms with Crippen molar-refractivity contribution in [3.8, 4) is 0 Å². The normalized spacial score (nSPS) is 13.5. The van der Waals surface area contributed by atoms with Crippen LogP contribution in [0.1, 0.15) is 37.5 Å². The van der Waals surface area contributed by atoms with E-state index < -0.39 is 5.41 Å². The van der Waals surface area contributed by atoms with Gasteiger partial charge in [-0.15, -0.1) is 11.3 Å². The van der Waals surface area contributed by atoms with Gasteiger partial charge in [-0.3, -0.25) is 4.79 Å². The lowest BCUT2D eigenvalue weighted by Gasteiger charge is -2.23. The standard InChI is InChI=1S/C12H20N2O2S/c1-8-6-17-10(14-8)9(2)13-7-12(3,4)11(15)16-5/h6,9,13H,7H2,1-5H3. The summed E-state index contributed by atoms with van der Waals surface area (Å²) in [5, 5.41) is 6.39. The van der Waals surface area contributed by atoms with Crippen molar-refractivity contribution in [2.24, 2.45) is 5.41 Å². The van der Waals surface area contributed by atoms with E-state index >= 15 is 0 Å². The topological polar surface area (TPSA) is 51.2 Å². The van der Waals surface area contributed by atoms with Crippen molar-refractivity contribution in [1.82, 2.24) is 10.3 Å². The molecule has 0 amide bonds. The number of hydrogen-bond donors (Lipinski definition) is 1. The molecular weight excluding hydrogens is 236 g/mol. The van der Waals surface area contributed by atoms with Gasteiger partial charge in [0.2, 0.25) is 0 Å². The Hall–Kier alpha value is -0.940. The lowest BCUT2D eigenvalue weighted by molar-refractivity contribution is -0.150. The first-order valence-electron chi connectivity index (χ1n) is 5.60. The number of carbonyl (C=O) groups excluding carboxylic acids is 1. The van der Waals surface area contributed by atoms with Crippen LogP contribution in [0, 0.1) is 12.3 Å². The molecule has 0 radical (unpaired) electrons. The van der Waals surface area contributed by atoms with Crippen LogP contribution in [-0.4, -0.2) is 24.6 Å². The van der Waals surface area contributed by atoms with E-state index in [1.54, 1.807) is 11.3 Å². The van der Waals surface area contributed by atoms with Crippen LogP contribution in [0.25, 0.3) is 0 Å². The summed E-state index contributed by atoms with van der Waals surface area (Å²) in [5.74, 6) is -0.201. The van der Waals surface area contributed by atoms with E-state index in [2.05, 4.69) is 10.3 Å². The van der Waals surface area contributed by atoms with E-state index in [1.165, 1.54) is 7.11 Å². The SMILES string of the molecule is COC(=O)C(C)(C)CNC(C)c1nc(C)cs1. The summed E-state index contributed by atoms with van der Waals surface area (Å²) < 4.78 is 4.77. The third kappa shape index (κ3) is 3.78. The lowest BCUT2D eigenvalue weighted by Crippen LogP contribution is -2.37. The maximum atomic E-state index is 11.5. The van der Waals surface area contributed by atoms with Crippen molar-refractivity contribution in [3.05, 3.63) is 16.1 Å². The molecule has 1 heterocycles. The number of carbonyl (C=O) groups is 1. The van der Waals surface area contributed by atoms with Crippen LogP contribution >= 0.6 is 11.3 Å². The van der Waals surface area contributed by atoms with E-state index in [1.807, 2.05) is 33.1 Å². The van der Waals surface area contributed by atoms with Crippen LogP contribution in [0.15, 0.2) is 5.38 Å². The minimum Gasteiger partial charge on any atom is -0.469 e. The third-order valence-corrected chi connectivity index (χ3v) is 3.74. The Morgan fingerprint density at radius 1 is 1.65 bits per heavy atom. The molecule has 0 aliphatic heterocycles. The Morgan fingerprint density at radius 3 is 2.76 bits per heavy atom. The summed E-state index contributed by atoms with van der Waals surface area (Å²) >= 11 is 1.63. The van der Waals surface area contributed by atoms with Gasteiger partial charge in [-0.05, 0) is 27.7 Å². The second-order valence-corrected chi connectivity index (χ2v) is 5.69. The highest BCUT2D eigenvalue weighted by Gasteiger charge is 2.29. The molecule has 0 saturated carbocycles. The summed E-state index contributed by atoms with van der Waals surface area (Å²) in [5.41, 5.74) is 0.515. The molecule has 1 aromatic heterocycles. The molecule has 17 heavy (non-hydrogen) atoms. The Balaban J connectivity index is 2.53. The molecule has 0 aromatic carbocycles. The molecule has 1 unspecified atom stereocenters. The van der Waals surface area contributed by atoms with E-state index in [-0.39, 0.29) is 12.0 Å². The molecule has 4 nitrogen and oxygen atoms in total. The number of hydrogen-bond acceptors (Lipinski definition) is 5. The second-order valence-electron chi connectivity index (χ2n) is 4.81. The van der Waals surface area contributed by atoms with Crippen molar-refractivity contribution >= 4 is 17.3 Å². The summed E-state index contributed by atoms with van der Waals surface area (Å²) in [6.45, 7) is 8.33. The number of rotatable bonds is 5. The highest BCUT2D eigenvalue weighted by atomic mass is 32.1. The molecule has 0 aliphatic rings. The predicted octanol–water partition coefficient (Wildman–Crippen LogP) is 2.30. The van der Waals surface area contributed by atoms with Crippen molar-refractivity contribution in [2.45, 2.75) is 33.7 Å². The zero-order valence-electron chi connectivity index (χ0n) is 11.0. The fourth-order valence-corrected chi connectivity index (χ4v) is 2.24. The fraction of sp³-hybridized carbons (Fsp3) is 0.667. The van der Waals surface area contributed by atoms with Gasteiger partial charge in [0.1, 0.15) is 5.01 Å². The molecule has 0 spiro atoms. The Bertz CT molecular complexity index is 388. The number of thiazole rings is 1. The Morgan fingerprint density at radius 2 is 2.29 bits per heavy atom. The first kappa shape index (κ1) is 14.1. The maximum Gasteiger partial charge on any atom is 0.312 e.